The molecule has 1 aliphatic carbocycles. The lowest BCUT2D eigenvalue weighted by molar-refractivity contribution is -0.380. The molecule has 1 heterocycles. The first-order valence-corrected chi connectivity index (χ1v) is 7.57. The molecule has 0 spiro atoms. The van der Waals surface area contributed by atoms with Crippen LogP contribution in [0.15, 0.2) is 23.8 Å². The second-order valence-electron chi connectivity index (χ2n) is 4.81. The highest BCUT2D eigenvalue weighted by molar-refractivity contribution is 7.15. The van der Waals surface area contributed by atoms with Crippen LogP contribution in [0.25, 0.3) is 0 Å². The van der Waals surface area contributed by atoms with Crippen molar-refractivity contribution in [3.05, 3.63) is 38.8 Å². The topological polar surface area (TPSA) is 79.0 Å². The van der Waals surface area contributed by atoms with Gasteiger partial charge in [-0.3, -0.25) is 15.4 Å². The molecule has 5 nitrogen and oxygen atoms in total. The Morgan fingerprint density at radius 2 is 2.35 bits per heavy atom. The average Bonchev–Trinajstić information content (AvgIpc) is 2.94. The number of nitriles is 1. The number of thiophene rings is 1. The molecule has 1 unspecified atom stereocenters. The van der Waals surface area contributed by atoms with Crippen LogP contribution >= 0.6 is 11.3 Å². The van der Waals surface area contributed by atoms with Crippen molar-refractivity contribution in [1.29, 1.82) is 5.26 Å². The molecule has 0 aromatic carbocycles. The summed E-state index contributed by atoms with van der Waals surface area (Å²) in [4.78, 5) is 10.9. The third-order valence-corrected chi connectivity index (χ3v) is 4.49. The van der Waals surface area contributed by atoms with Gasteiger partial charge in [0.1, 0.15) is 6.04 Å². The number of hydrogen-bond acceptors (Lipinski definition) is 5. The van der Waals surface area contributed by atoms with E-state index >= 15 is 0 Å². The number of allylic oxidation sites excluding steroid dienone is 1. The lowest BCUT2D eigenvalue weighted by Gasteiger charge is -2.14. The SMILES string of the molecule is N#CC(NCCC1=CCCCC1)c1ccc([N+](=O)[O-])s1. The fraction of sp³-hybridized carbons (Fsp3) is 0.500. The zero-order valence-corrected chi connectivity index (χ0v) is 12.0. The minimum absolute atomic E-state index is 0.0806. The highest BCUT2D eigenvalue weighted by atomic mass is 32.1. The quantitative estimate of drug-likeness (QED) is 0.492. The maximum Gasteiger partial charge on any atom is 0.324 e. The highest BCUT2D eigenvalue weighted by Crippen LogP contribution is 2.28. The zero-order valence-electron chi connectivity index (χ0n) is 11.2. The summed E-state index contributed by atoms with van der Waals surface area (Å²) in [6.07, 6.45) is 8.09. The van der Waals surface area contributed by atoms with Gasteiger partial charge in [-0.1, -0.05) is 23.0 Å². The molecule has 1 atom stereocenters. The monoisotopic (exact) mass is 291 g/mol. The lowest BCUT2D eigenvalue weighted by Crippen LogP contribution is -2.20. The maximum atomic E-state index is 10.7. The average molecular weight is 291 g/mol. The summed E-state index contributed by atoms with van der Waals surface area (Å²) < 4.78 is 0. The molecule has 6 heteroatoms. The third kappa shape index (κ3) is 3.89. The molecule has 0 amide bonds. The predicted molar refractivity (Wildman–Crippen MR) is 78.5 cm³/mol. The summed E-state index contributed by atoms with van der Waals surface area (Å²) in [7, 11) is 0. The molecular weight excluding hydrogens is 274 g/mol. The number of rotatable bonds is 6. The molecule has 0 radical (unpaired) electrons. The van der Waals surface area contributed by atoms with Gasteiger partial charge in [-0.05, 0) is 38.2 Å². The van der Waals surface area contributed by atoms with Crippen molar-refractivity contribution in [2.24, 2.45) is 0 Å². The van der Waals surface area contributed by atoms with Crippen molar-refractivity contribution < 1.29 is 4.92 Å². The second-order valence-corrected chi connectivity index (χ2v) is 5.90. The summed E-state index contributed by atoms with van der Waals surface area (Å²) in [6, 6.07) is 4.82. The molecular formula is C14H17N3O2S. The normalized spacial score (nSPS) is 16.2. The van der Waals surface area contributed by atoms with E-state index in [9.17, 15) is 15.4 Å². The van der Waals surface area contributed by atoms with Gasteiger partial charge in [0.15, 0.2) is 0 Å². The van der Waals surface area contributed by atoms with E-state index in [-0.39, 0.29) is 5.00 Å². The van der Waals surface area contributed by atoms with E-state index < -0.39 is 11.0 Å². The lowest BCUT2D eigenvalue weighted by atomic mass is 9.97. The predicted octanol–water partition coefficient (Wildman–Crippen LogP) is 3.70. The van der Waals surface area contributed by atoms with Crippen LogP contribution < -0.4 is 5.32 Å². The van der Waals surface area contributed by atoms with Crippen LogP contribution in [0.5, 0.6) is 0 Å². The fourth-order valence-electron chi connectivity index (χ4n) is 2.31. The molecule has 1 N–H and O–H groups in total. The van der Waals surface area contributed by atoms with Gasteiger partial charge in [-0.2, -0.15) is 5.26 Å². The Morgan fingerprint density at radius 1 is 1.50 bits per heavy atom. The van der Waals surface area contributed by atoms with E-state index in [4.69, 9.17) is 0 Å². The first kappa shape index (κ1) is 14.7. The molecule has 1 aromatic heterocycles. The van der Waals surface area contributed by atoms with Crippen LogP contribution in [0.4, 0.5) is 5.00 Å². The standard InChI is InChI=1S/C14H17N3O2S/c15-10-12(13-6-7-14(20-13)17(18)19)16-9-8-11-4-2-1-3-5-11/h4,6-7,12,16H,1-3,5,8-9H2. The largest absolute Gasteiger partial charge is 0.324 e. The Balaban J connectivity index is 1.87. The molecule has 0 saturated heterocycles. The van der Waals surface area contributed by atoms with Gasteiger partial charge in [0.2, 0.25) is 0 Å². The molecule has 1 aliphatic rings. The summed E-state index contributed by atoms with van der Waals surface area (Å²) in [5.74, 6) is 0. The third-order valence-electron chi connectivity index (χ3n) is 3.39. The van der Waals surface area contributed by atoms with E-state index in [0.717, 1.165) is 37.1 Å². The second kappa shape index (κ2) is 7.17. The Kier molecular flexibility index (Phi) is 5.27. The van der Waals surface area contributed by atoms with Crippen molar-refractivity contribution in [2.75, 3.05) is 6.54 Å². The van der Waals surface area contributed by atoms with Crippen LogP contribution in [0, 0.1) is 21.4 Å². The van der Waals surface area contributed by atoms with Gasteiger partial charge < -0.3 is 0 Å². The molecule has 0 aliphatic heterocycles. The van der Waals surface area contributed by atoms with E-state index in [1.165, 1.54) is 24.5 Å². The summed E-state index contributed by atoms with van der Waals surface area (Å²) in [5.41, 5.74) is 1.46. The summed E-state index contributed by atoms with van der Waals surface area (Å²) in [5, 5.41) is 23.1. The van der Waals surface area contributed by atoms with Crippen LogP contribution in [-0.4, -0.2) is 11.5 Å². The number of hydrogen-bond donors (Lipinski definition) is 1. The van der Waals surface area contributed by atoms with Gasteiger partial charge in [-0.15, -0.1) is 0 Å². The van der Waals surface area contributed by atoms with E-state index in [0.29, 0.717) is 4.88 Å². The van der Waals surface area contributed by atoms with E-state index in [1.54, 1.807) is 6.07 Å². The van der Waals surface area contributed by atoms with Crippen molar-refractivity contribution in [1.82, 2.24) is 5.32 Å². The molecule has 0 fully saturated rings. The first-order chi connectivity index (χ1) is 9.70. The molecule has 0 saturated carbocycles. The zero-order chi connectivity index (χ0) is 14.4. The van der Waals surface area contributed by atoms with Crippen molar-refractivity contribution in [2.45, 2.75) is 38.1 Å². The Bertz CT molecular complexity index is 545. The van der Waals surface area contributed by atoms with Crippen LogP contribution in [-0.2, 0) is 0 Å². The van der Waals surface area contributed by atoms with Gasteiger partial charge in [-0.25, -0.2) is 0 Å². The van der Waals surface area contributed by atoms with Crippen LogP contribution in [0.2, 0.25) is 0 Å². The minimum Gasteiger partial charge on any atom is -0.297 e. The van der Waals surface area contributed by atoms with E-state index in [2.05, 4.69) is 17.5 Å². The van der Waals surface area contributed by atoms with Gasteiger partial charge in [0.05, 0.1) is 11.0 Å². The Morgan fingerprint density at radius 3 is 2.95 bits per heavy atom. The summed E-state index contributed by atoms with van der Waals surface area (Å²) >= 11 is 1.06. The first-order valence-electron chi connectivity index (χ1n) is 6.75. The van der Waals surface area contributed by atoms with Crippen molar-refractivity contribution in [3.8, 4) is 6.07 Å². The molecule has 1 aromatic rings. The molecule has 2 rings (SSSR count). The van der Waals surface area contributed by atoms with Gasteiger partial charge >= 0.3 is 5.00 Å². The molecule has 106 valence electrons. The van der Waals surface area contributed by atoms with Crippen molar-refractivity contribution >= 4 is 16.3 Å². The summed E-state index contributed by atoms with van der Waals surface area (Å²) in [6.45, 7) is 0.732. The Hall–Kier alpha value is -1.71. The molecule has 20 heavy (non-hydrogen) atoms. The van der Waals surface area contributed by atoms with Crippen LogP contribution in [0.1, 0.15) is 43.0 Å². The number of nitrogens with zero attached hydrogens (tertiary/aromatic N) is 2. The van der Waals surface area contributed by atoms with Crippen LogP contribution in [0.3, 0.4) is 0 Å². The maximum absolute atomic E-state index is 10.7. The highest BCUT2D eigenvalue weighted by Gasteiger charge is 2.17. The fourth-order valence-corrected chi connectivity index (χ4v) is 3.16. The number of nitro groups is 1. The van der Waals surface area contributed by atoms with Gasteiger partial charge in [0, 0.05) is 17.5 Å². The van der Waals surface area contributed by atoms with Crippen molar-refractivity contribution in [3.63, 3.8) is 0 Å². The Labute approximate surface area is 122 Å². The number of nitrogens with one attached hydrogen (secondary N) is 1. The minimum atomic E-state index is -0.460. The smallest absolute Gasteiger partial charge is 0.297 e. The van der Waals surface area contributed by atoms with E-state index in [1.807, 2.05) is 0 Å². The van der Waals surface area contributed by atoms with Gasteiger partial charge in [0.25, 0.3) is 0 Å². The molecule has 0 bridgehead atoms.